The maximum absolute atomic E-state index is 12.8. The lowest BCUT2D eigenvalue weighted by Crippen LogP contribution is -2.16. The lowest BCUT2D eigenvalue weighted by molar-refractivity contribution is 0.102. The van der Waals surface area contributed by atoms with Crippen LogP contribution in [0.4, 0.5) is 5.69 Å². The molecule has 0 aliphatic rings. The number of aryl methyl sites for hydroxylation is 2. The number of para-hydroxylation sites is 2. The number of hydrogen-bond acceptors (Lipinski definition) is 3. The fraction of sp³-hybridized carbons (Fsp3) is 0.222. The number of hydrogen-bond donors (Lipinski definition) is 1. The molecule has 0 saturated carbocycles. The molecule has 3 aromatic rings. The summed E-state index contributed by atoms with van der Waals surface area (Å²) in [5, 5.41) is 2.93. The van der Waals surface area contributed by atoms with Crippen LogP contribution in [-0.2, 0) is 0 Å². The molecule has 1 amide bonds. The van der Waals surface area contributed by atoms with Crippen LogP contribution >= 0.6 is 0 Å². The number of ether oxygens (including phenoxy) is 1. The fourth-order valence-corrected chi connectivity index (χ4v) is 2.57. The molecule has 3 rings (SSSR count). The van der Waals surface area contributed by atoms with Crippen molar-refractivity contribution in [1.29, 1.82) is 0 Å². The second-order valence-corrected chi connectivity index (χ2v) is 5.36. The van der Waals surface area contributed by atoms with Gasteiger partial charge < -0.3 is 10.1 Å². The van der Waals surface area contributed by atoms with Gasteiger partial charge >= 0.3 is 0 Å². The summed E-state index contributed by atoms with van der Waals surface area (Å²) in [6.45, 7) is 6.28. The predicted octanol–water partition coefficient (Wildman–Crippen LogP) is 3.60. The minimum absolute atomic E-state index is 0.201. The van der Waals surface area contributed by atoms with Gasteiger partial charge in [-0.05, 0) is 44.5 Å². The van der Waals surface area contributed by atoms with E-state index in [0.29, 0.717) is 29.4 Å². The Morgan fingerprint density at radius 3 is 2.78 bits per heavy atom. The van der Waals surface area contributed by atoms with Gasteiger partial charge in [-0.3, -0.25) is 9.20 Å². The van der Waals surface area contributed by atoms with Gasteiger partial charge in [0.05, 0.1) is 18.0 Å². The summed E-state index contributed by atoms with van der Waals surface area (Å²) in [6, 6.07) is 11.3. The second-order valence-electron chi connectivity index (χ2n) is 5.36. The van der Waals surface area contributed by atoms with Crippen LogP contribution in [0.3, 0.4) is 0 Å². The summed E-state index contributed by atoms with van der Waals surface area (Å²) >= 11 is 0. The summed E-state index contributed by atoms with van der Waals surface area (Å²) in [6.07, 6.45) is 1.92. The SMILES string of the molecule is CCOc1ccccc1NC(=O)c1c(C)nc2ccc(C)cn12. The van der Waals surface area contributed by atoms with Crippen molar-refractivity contribution in [3.63, 3.8) is 0 Å². The predicted molar refractivity (Wildman–Crippen MR) is 90.2 cm³/mol. The topological polar surface area (TPSA) is 55.6 Å². The van der Waals surface area contributed by atoms with E-state index < -0.39 is 0 Å². The zero-order chi connectivity index (χ0) is 16.4. The molecular formula is C18H19N3O2. The summed E-state index contributed by atoms with van der Waals surface area (Å²) in [7, 11) is 0. The number of nitrogens with one attached hydrogen (secondary N) is 1. The Labute approximate surface area is 134 Å². The molecule has 0 spiro atoms. The Kier molecular flexibility index (Phi) is 4.02. The van der Waals surface area contributed by atoms with E-state index in [0.717, 1.165) is 11.2 Å². The van der Waals surface area contributed by atoms with Crippen LogP contribution in [0.15, 0.2) is 42.6 Å². The van der Waals surface area contributed by atoms with Crippen LogP contribution in [0, 0.1) is 13.8 Å². The summed E-state index contributed by atoms with van der Waals surface area (Å²) in [5.74, 6) is 0.457. The van der Waals surface area contributed by atoms with Crippen molar-refractivity contribution in [2.45, 2.75) is 20.8 Å². The standard InChI is InChI=1S/C18H19N3O2/c1-4-23-15-8-6-5-7-14(15)20-18(22)17-13(3)19-16-10-9-12(2)11-21(16)17/h5-11H,4H2,1-3H3,(H,20,22). The van der Waals surface area contributed by atoms with Crippen molar-refractivity contribution < 1.29 is 9.53 Å². The van der Waals surface area contributed by atoms with E-state index in [1.54, 1.807) is 0 Å². The van der Waals surface area contributed by atoms with Gasteiger partial charge in [-0.1, -0.05) is 18.2 Å². The molecule has 2 aromatic heterocycles. The number of carbonyl (C=O) groups excluding carboxylic acids is 1. The fourth-order valence-electron chi connectivity index (χ4n) is 2.57. The van der Waals surface area contributed by atoms with Gasteiger partial charge in [-0.25, -0.2) is 4.98 Å². The Bertz CT molecular complexity index is 868. The van der Waals surface area contributed by atoms with E-state index in [1.165, 1.54) is 0 Å². The monoisotopic (exact) mass is 309 g/mol. The molecule has 0 radical (unpaired) electrons. The molecule has 1 N–H and O–H groups in total. The molecule has 23 heavy (non-hydrogen) atoms. The van der Waals surface area contributed by atoms with Crippen LogP contribution in [-0.4, -0.2) is 21.9 Å². The number of imidazole rings is 1. The minimum Gasteiger partial charge on any atom is -0.492 e. The first-order valence-corrected chi connectivity index (χ1v) is 7.58. The first kappa shape index (κ1) is 15.1. The zero-order valence-electron chi connectivity index (χ0n) is 13.5. The minimum atomic E-state index is -0.201. The quantitative estimate of drug-likeness (QED) is 0.801. The van der Waals surface area contributed by atoms with Gasteiger partial charge in [0.2, 0.25) is 0 Å². The van der Waals surface area contributed by atoms with Crippen LogP contribution in [0.25, 0.3) is 5.65 Å². The lowest BCUT2D eigenvalue weighted by atomic mass is 10.2. The highest BCUT2D eigenvalue weighted by molar-refractivity contribution is 6.05. The van der Waals surface area contributed by atoms with Gasteiger partial charge in [0.1, 0.15) is 17.1 Å². The molecular weight excluding hydrogens is 290 g/mol. The summed E-state index contributed by atoms with van der Waals surface area (Å²) < 4.78 is 7.38. The Morgan fingerprint density at radius 1 is 1.22 bits per heavy atom. The number of rotatable bonds is 4. The largest absolute Gasteiger partial charge is 0.492 e. The van der Waals surface area contributed by atoms with Crippen molar-refractivity contribution in [2.75, 3.05) is 11.9 Å². The molecule has 5 heteroatoms. The molecule has 0 bridgehead atoms. The third kappa shape index (κ3) is 2.90. The highest BCUT2D eigenvalue weighted by Crippen LogP contribution is 2.25. The molecule has 118 valence electrons. The maximum Gasteiger partial charge on any atom is 0.274 e. The molecule has 0 unspecified atom stereocenters. The van der Waals surface area contributed by atoms with Crippen LogP contribution in [0.1, 0.15) is 28.7 Å². The van der Waals surface area contributed by atoms with Crippen molar-refractivity contribution in [1.82, 2.24) is 9.38 Å². The Balaban J connectivity index is 1.98. The number of fused-ring (bicyclic) bond motifs is 1. The average molecular weight is 309 g/mol. The van der Waals surface area contributed by atoms with E-state index in [-0.39, 0.29) is 5.91 Å². The third-order valence-electron chi connectivity index (χ3n) is 3.59. The number of pyridine rings is 1. The van der Waals surface area contributed by atoms with Crippen molar-refractivity contribution in [2.24, 2.45) is 0 Å². The molecule has 0 atom stereocenters. The highest BCUT2D eigenvalue weighted by atomic mass is 16.5. The van der Waals surface area contributed by atoms with Crippen molar-refractivity contribution in [3.8, 4) is 5.75 Å². The van der Waals surface area contributed by atoms with Gasteiger partial charge in [0, 0.05) is 6.20 Å². The molecule has 2 heterocycles. The first-order chi connectivity index (χ1) is 11.1. The maximum atomic E-state index is 12.8. The number of nitrogens with zero attached hydrogens (tertiary/aromatic N) is 2. The van der Waals surface area contributed by atoms with Crippen LogP contribution < -0.4 is 10.1 Å². The number of benzene rings is 1. The number of anilines is 1. The van der Waals surface area contributed by atoms with E-state index in [9.17, 15) is 4.79 Å². The van der Waals surface area contributed by atoms with Gasteiger partial charge in [0.15, 0.2) is 0 Å². The van der Waals surface area contributed by atoms with E-state index in [1.807, 2.05) is 67.8 Å². The van der Waals surface area contributed by atoms with E-state index in [4.69, 9.17) is 4.74 Å². The molecule has 5 nitrogen and oxygen atoms in total. The molecule has 0 aliphatic heterocycles. The number of carbonyl (C=O) groups is 1. The Hall–Kier alpha value is -2.82. The number of aromatic nitrogens is 2. The number of amides is 1. The third-order valence-corrected chi connectivity index (χ3v) is 3.59. The van der Waals surface area contributed by atoms with Gasteiger partial charge in [-0.15, -0.1) is 0 Å². The van der Waals surface area contributed by atoms with E-state index in [2.05, 4.69) is 10.3 Å². The summed E-state index contributed by atoms with van der Waals surface area (Å²) in [5.41, 5.74) is 3.72. The van der Waals surface area contributed by atoms with Crippen LogP contribution in [0.2, 0.25) is 0 Å². The lowest BCUT2D eigenvalue weighted by Gasteiger charge is -2.11. The average Bonchev–Trinajstić information content (AvgIpc) is 2.84. The van der Waals surface area contributed by atoms with Crippen molar-refractivity contribution >= 4 is 17.2 Å². The summed E-state index contributed by atoms with van der Waals surface area (Å²) in [4.78, 5) is 17.2. The van der Waals surface area contributed by atoms with Crippen LogP contribution in [0.5, 0.6) is 5.75 Å². The van der Waals surface area contributed by atoms with Gasteiger partial charge in [0.25, 0.3) is 5.91 Å². The smallest absolute Gasteiger partial charge is 0.274 e. The highest BCUT2D eigenvalue weighted by Gasteiger charge is 2.18. The molecule has 1 aromatic carbocycles. The molecule has 0 aliphatic carbocycles. The molecule has 0 saturated heterocycles. The van der Waals surface area contributed by atoms with E-state index >= 15 is 0 Å². The second kappa shape index (κ2) is 6.12. The Morgan fingerprint density at radius 2 is 2.00 bits per heavy atom. The first-order valence-electron chi connectivity index (χ1n) is 7.58. The molecule has 0 fully saturated rings. The van der Waals surface area contributed by atoms with Gasteiger partial charge in [-0.2, -0.15) is 0 Å². The normalized spacial score (nSPS) is 10.7. The zero-order valence-corrected chi connectivity index (χ0v) is 13.5. The van der Waals surface area contributed by atoms with Crippen molar-refractivity contribution in [3.05, 3.63) is 59.5 Å².